The zero-order chi connectivity index (χ0) is 27.9. The van der Waals surface area contributed by atoms with Crippen molar-refractivity contribution in [1.82, 2.24) is 15.1 Å². The Kier molecular flexibility index (Phi) is 10.0. The number of aliphatic hydroxyl groups excluding tert-OH is 1. The zero-order valence-corrected chi connectivity index (χ0v) is 23.4. The molecule has 0 spiro atoms. The molecule has 4 rings (SSSR count). The van der Waals surface area contributed by atoms with Crippen LogP contribution < -0.4 is 15.0 Å². The molecule has 212 valence electrons. The monoisotopic (exact) mass is 560 g/mol. The van der Waals surface area contributed by atoms with Gasteiger partial charge >= 0.3 is 11.8 Å². The summed E-state index contributed by atoms with van der Waals surface area (Å²) < 4.78 is 19.1. The second-order valence-corrected chi connectivity index (χ2v) is 10.8. The van der Waals surface area contributed by atoms with Crippen molar-refractivity contribution in [2.75, 3.05) is 51.2 Å². The van der Waals surface area contributed by atoms with Crippen molar-refractivity contribution in [3.05, 3.63) is 58.9 Å². The van der Waals surface area contributed by atoms with Crippen molar-refractivity contribution >= 4 is 29.1 Å². The third-order valence-electron chi connectivity index (χ3n) is 7.17. The van der Waals surface area contributed by atoms with Crippen LogP contribution in [0.3, 0.4) is 0 Å². The van der Waals surface area contributed by atoms with Gasteiger partial charge in [-0.15, -0.1) is 0 Å². The number of halogens is 2. The van der Waals surface area contributed by atoms with Crippen LogP contribution in [0.2, 0.25) is 5.02 Å². The highest BCUT2D eigenvalue weighted by Crippen LogP contribution is 2.34. The molecule has 0 aromatic heterocycles. The molecule has 1 saturated heterocycles. The molecule has 2 N–H and O–H groups in total. The molecule has 1 aliphatic heterocycles. The van der Waals surface area contributed by atoms with Gasteiger partial charge in [0.2, 0.25) is 0 Å². The number of benzene rings is 2. The van der Waals surface area contributed by atoms with Gasteiger partial charge in [0.15, 0.2) is 0 Å². The minimum Gasteiger partial charge on any atom is -0.489 e. The fraction of sp³-hybridized carbons (Fsp3) is 0.517. The van der Waals surface area contributed by atoms with E-state index in [-0.39, 0.29) is 11.9 Å². The van der Waals surface area contributed by atoms with Crippen LogP contribution in [-0.2, 0) is 9.59 Å². The third kappa shape index (κ3) is 8.06. The smallest absolute Gasteiger partial charge is 0.312 e. The maximum atomic E-state index is 13.3. The minimum atomic E-state index is -1.08. The first kappa shape index (κ1) is 29.1. The SMILES string of the molecule is CCCCN(C)C[C@@H](NC(=O)C(=O)N1CCN(c2ccc(F)cc2)CC1)[C@H](O)c1ccc(OC2CC2)c(Cl)c1. The van der Waals surface area contributed by atoms with E-state index in [0.717, 1.165) is 37.9 Å². The quantitative estimate of drug-likeness (QED) is 0.408. The molecule has 2 atom stereocenters. The fourth-order valence-corrected chi connectivity index (χ4v) is 4.90. The fourth-order valence-electron chi connectivity index (χ4n) is 4.67. The summed E-state index contributed by atoms with van der Waals surface area (Å²) in [6, 6.07) is 10.6. The van der Waals surface area contributed by atoms with Gasteiger partial charge in [-0.05, 0) is 74.8 Å². The van der Waals surface area contributed by atoms with Crippen molar-refractivity contribution in [3.63, 3.8) is 0 Å². The van der Waals surface area contributed by atoms with Gasteiger partial charge in [0, 0.05) is 38.4 Å². The minimum absolute atomic E-state index is 0.195. The molecule has 10 heteroatoms. The Hall–Kier alpha value is -2.88. The number of rotatable bonds is 11. The lowest BCUT2D eigenvalue weighted by Gasteiger charge is -2.36. The van der Waals surface area contributed by atoms with Gasteiger partial charge < -0.3 is 29.9 Å². The number of anilines is 1. The second kappa shape index (κ2) is 13.5. The summed E-state index contributed by atoms with van der Waals surface area (Å²) in [5, 5.41) is 14.5. The van der Waals surface area contributed by atoms with Crippen LogP contribution in [-0.4, -0.2) is 85.2 Å². The average Bonchev–Trinajstić information content (AvgIpc) is 3.76. The normalized spacial score (nSPS) is 17.2. The van der Waals surface area contributed by atoms with Crippen molar-refractivity contribution in [2.24, 2.45) is 0 Å². The molecule has 2 aromatic rings. The molecule has 2 fully saturated rings. The molecule has 2 amide bonds. The maximum absolute atomic E-state index is 13.3. The number of aliphatic hydroxyl groups is 1. The van der Waals surface area contributed by atoms with Gasteiger partial charge in [0.25, 0.3) is 0 Å². The number of hydrogen-bond acceptors (Lipinski definition) is 6. The number of carbonyl (C=O) groups excluding carboxylic acids is 2. The summed E-state index contributed by atoms with van der Waals surface area (Å²) in [7, 11) is 1.93. The van der Waals surface area contributed by atoms with E-state index in [1.807, 2.05) is 11.9 Å². The summed E-state index contributed by atoms with van der Waals surface area (Å²) in [4.78, 5) is 31.8. The number of carbonyl (C=O) groups is 2. The number of likely N-dealkylation sites (N-methyl/N-ethyl adjacent to an activating group) is 1. The molecule has 8 nitrogen and oxygen atoms in total. The summed E-state index contributed by atoms with van der Waals surface area (Å²) in [6.45, 7) is 5.05. The maximum Gasteiger partial charge on any atom is 0.312 e. The largest absolute Gasteiger partial charge is 0.489 e. The Balaban J connectivity index is 1.39. The number of nitrogens with one attached hydrogen (secondary N) is 1. The molecule has 2 aromatic carbocycles. The predicted molar refractivity (Wildman–Crippen MR) is 150 cm³/mol. The molecule has 0 bridgehead atoms. The summed E-state index contributed by atoms with van der Waals surface area (Å²) in [5.41, 5.74) is 1.41. The highest BCUT2D eigenvalue weighted by molar-refractivity contribution is 6.35. The van der Waals surface area contributed by atoms with Crippen molar-refractivity contribution in [2.45, 2.75) is 50.9 Å². The van der Waals surface area contributed by atoms with Gasteiger partial charge in [0.05, 0.1) is 17.2 Å². The van der Waals surface area contributed by atoms with Crippen LogP contribution >= 0.6 is 11.6 Å². The first-order valence-corrected chi connectivity index (χ1v) is 14.1. The lowest BCUT2D eigenvalue weighted by atomic mass is 10.0. The highest BCUT2D eigenvalue weighted by atomic mass is 35.5. The van der Waals surface area contributed by atoms with Crippen LogP contribution in [0.5, 0.6) is 5.75 Å². The topological polar surface area (TPSA) is 85.4 Å². The van der Waals surface area contributed by atoms with Crippen LogP contribution in [0, 0.1) is 5.82 Å². The molecule has 0 radical (unpaired) electrons. The van der Waals surface area contributed by atoms with E-state index in [1.54, 1.807) is 30.3 Å². The Bertz CT molecular complexity index is 1120. The lowest BCUT2D eigenvalue weighted by Crippen LogP contribution is -2.55. The number of amides is 2. The number of piperazine rings is 1. The van der Waals surface area contributed by atoms with E-state index in [2.05, 4.69) is 17.1 Å². The molecule has 1 saturated carbocycles. The van der Waals surface area contributed by atoms with E-state index in [4.69, 9.17) is 16.3 Å². The number of ether oxygens (including phenoxy) is 1. The summed E-state index contributed by atoms with van der Waals surface area (Å²) in [5.74, 6) is -1.11. The summed E-state index contributed by atoms with van der Waals surface area (Å²) >= 11 is 6.43. The van der Waals surface area contributed by atoms with Gasteiger partial charge in [-0.2, -0.15) is 0 Å². The molecular weight excluding hydrogens is 523 g/mol. The lowest BCUT2D eigenvalue weighted by molar-refractivity contribution is -0.147. The molecule has 0 unspecified atom stereocenters. The van der Waals surface area contributed by atoms with Crippen LogP contribution in [0.1, 0.15) is 44.3 Å². The first-order valence-electron chi connectivity index (χ1n) is 13.7. The van der Waals surface area contributed by atoms with E-state index in [1.165, 1.54) is 17.0 Å². The van der Waals surface area contributed by atoms with Gasteiger partial charge in [-0.25, -0.2) is 4.39 Å². The first-order chi connectivity index (χ1) is 18.7. The van der Waals surface area contributed by atoms with Crippen molar-refractivity contribution in [3.8, 4) is 5.75 Å². The van der Waals surface area contributed by atoms with E-state index < -0.39 is 24.0 Å². The van der Waals surface area contributed by atoms with Gasteiger partial charge in [0.1, 0.15) is 17.7 Å². The standard InChI is InChI=1S/C29H38ClFN4O4/c1-3-4-13-33(2)19-25(27(36)20-5-12-26(24(30)18-20)39-23-10-11-23)32-28(37)29(38)35-16-14-34(15-17-35)22-8-6-21(31)7-9-22/h5-9,12,18,23,25,27,36H,3-4,10-11,13-17,19H2,1-2H3,(H,32,37)/t25-,27-/m1/s1. The van der Waals surface area contributed by atoms with Crippen LogP contribution in [0.25, 0.3) is 0 Å². The van der Waals surface area contributed by atoms with Crippen LogP contribution in [0.15, 0.2) is 42.5 Å². The Morgan fingerprint density at radius 3 is 2.46 bits per heavy atom. The zero-order valence-electron chi connectivity index (χ0n) is 22.6. The molecule has 1 heterocycles. The van der Waals surface area contributed by atoms with Gasteiger partial charge in [-0.3, -0.25) is 9.59 Å². The Morgan fingerprint density at radius 2 is 1.85 bits per heavy atom. The molecular formula is C29H38ClFN4O4. The highest BCUT2D eigenvalue weighted by Gasteiger charge is 2.31. The Labute approximate surface area is 234 Å². The molecule has 39 heavy (non-hydrogen) atoms. The number of hydrogen-bond donors (Lipinski definition) is 2. The molecule has 2 aliphatic rings. The van der Waals surface area contributed by atoms with E-state index in [0.29, 0.717) is 49.1 Å². The average molecular weight is 561 g/mol. The van der Waals surface area contributed by atoms with Crippen LogP contribution in [0.4, 0.5) is 10.1 Å². The predicted octanol–water partition coefficient (Wildman–Crippen LogP) is 3.62. The Morgan fingerprint density at radius 1 is 1.15 bits per heavy atom. The molecule has 1 aliphatic carbocycles. The van der Waals surface area contributed by atoms with E-state index in [9.17, 15) is 19.1 Å². The second-order valence-electron chi connectivity index (χ2n) is 10.4. The van der Waals surface area contributed by atoms with Crippen molar-refractivity contribution in [1.29, 1.82) is 0 Å². The third-order valence-corrected chi connectivity index (χ3v) is 7.46. The number of unbranched alkanes of at least 4 members (excludes halogenated alkanes) is 1. The van der Waals surface area contributed by atoms with E-state index >= 15 is 0 Å². The summed E-state index contributed by atoms with van der Waals surface area (Å²) in [6.07, 6.45) is 3.13. The number of nitrogens with zero attached hydrogens (tertiary/aromatic N) is 3. The van der Waals surface area contributed by atoms with Gasteiger partial charge in [-0.1, -0.05) is 31.0 Å². The van der Waals surface area contributed by atoms with Crippen molar-refractivity contribution < 1.29 is 23.8 Å².